The molecule has 0 bridgehead atoms. The quantitative estimate of drug-likeness (QED) is 0.872. The normalized spacial score (nSPS) is 20.9. The van der Waals surface area contributed by atoms with Crippen molar-refractivity contribution in [3.8, 4) is 0 Å². The fraction of sp³-hybridized carbons (Fsp3) is 0.667. The van der Waals surface area contributed by atoms with Crippen molar-refractivity contribution >= 4 is 17.2 Å². The summed E-state index contributed by atoms with van der Waals surface area (Å²) in [6.07, 6.45) is 1.72. The Labute approximate surface area is 106 Å². The third-order valence-corrected chi connectivity index (χ3v) is 4.17. The van der Waals surface area contributed by atoms with E-state index in [1.54, 1.807) is 6.20 Å². The van der Waals surface area contributed by atoms with Gasteiger partial charge in [0.2, 0.25) is 0 Å². The molecule has 1 N–H and O–H groups in total. The Hall–Kier alpha value is -0.940. The molecular formula is C12H19N3OS. The summed E-state index contributed by atoms with van der Waals surface area (Å²) in [5.41, 5.74) is 0. The van der Waals surface area contributed by atoms with Crippen LogP contribution in [0.5, 0.6) is 0 Å². The lowest BCUT2D eigenvalue weighted by Crippen LogP contribution is -2.51. The lowest BCUT2D eigenvalue weighted by Gasteiger charge is -2.31. The molecule has 1 aromatic rings. The number of thiazole rings is 1. The van der Waals surface area contributed by atoms with Crippen LogP contribution in [0.25, 0.3) is 0 Å². The van der Waals surface area contributed by atoms with Gasteiger partial charge >= 0.3 is 0 Å². The van der Waals surface area contributed by atoms with Gasteiger partial charge in [0.15, 0.2) is 0 Å². The number of carbonyl (C=O) groups is 1. The van der Waals surface area contributed by atoms with Crippen molar-refractivity contribution in [3.05, 3.63) is 16.1 Å². The number of piperazine rings is 1. The van der Waals surface area contributed by atoms with Crippen molar-refractivity contribution in [2.24, 2.45) is 0 Å². The minimum Gasteiger partial charge on any atom is -0.335 e. The van der Waals surface area contributed by atoms with E-state index < -0.39 is 0 Å². The lowest BCUT2D eigenvalue weighted by molar-refractivity contribution is 0.0714. The number of aromatic nitrogens is 1. The number of carbonyl (C=O) groups excluding carboxylic acids is 1. The predicted octanol–water partition coefficient (Wildman–Crippen LogP) is 1.70. The van der Waals surface area contributed by atoms with Gasteiger partial charge in [0.05, 0.1) is 11.2 Å². The maximum absolute atomic E-state index is 12.2. The van der Waals surface area contributed by atoms with Crippen LogP contribution in [-0.2, 0) is 0 Å². The maximum atomic E-state index is 12.2. The van der Waals surface area contributed by atoms with Gasteiger partial charge in [-0.05, 0) is 6.92 Å². The van der Waals surface area contributed by atoms with Crippen molar-refractivity contribution in [1.29, 1.82) is 0 Å². The van der Waals surface area contributed by atoms with Gasteiger partial charge in [-0.2, -0.15) is 0 Å². The van der Waals surface area contributed by atoms with E-state index in [0.29, 0.717) is 12.0 Å². The lowest BCUT2D eigenvalue weighted by atomic mass is 10.2. The molecule has 1 fully saturated rings. The third kappa shape index (κ3) is 2.84. The second-order valence-electron chi connectivity index (χ2n) is 4.82. The molecule has 1 aromatic heterocycles. The molecule has 4 nitrogen and oxygen atoms in total. The van der Waals surface area contributed by atoms with Gasteiger partial charge in [0.1, 0.15) is 4.88 Å². The molecular weight excluding hydrogens is 234 g/mol. The third-order valence-electron chi connectivity index (χ3n) is 2.88. The van der Waals surface area contributed by atoms with Crippen LogP contribution in [0.3, 0.4) is 0 Å². The summed E-state index contributed by atoms with van der Waals surface area (Å²) in [6, 6.07) is 0.380. The zero-order chi connectivity index (χ0) is 12.4. The number of amides is 1. The van der Waals surface area contributed by atoms with Crippen molar-refractivity contribution < 1.29 is 4.79 Å². The first-order valence-electron chi connectivity index (χ1n) is 6.06. The van der Waals surface area contributed by atoms with Crippen LogP contribution in [-0.4, -0.2) is 41.5 Å². The largest absolute Gasteiger partial charge is 0.335 e. The second-order valence-corrected chi connectivity index (χ2v) is 5.89. The molecule has 17 heavy (non-hydrogen) atoms. The molecule has 2 heterocycles. The van der Waals surface area contributed by atoms with Crippen molar-refractivity contribution in [2.45, 2.75) is 32.7 Å². The topological polar surface area (TPSA) is 45.2 Å². The average Bonchev–Trinajstić information content (AvgIpc) is 2.77. The highest BCUT2D eigenvalue weighted by Crippen LogP contribution is 2.22. The molecule has 1 amide bonds. The summed E-state index contributed by atoms with van der Waals surface area (Å²) < 4.78 is 0. The molecule has 5 heteroatoms. The molecule has 1 atom stereocenters. The minimum absolute atomic E-state index is 0.128. The van der Waals surface area contributed by atoms with Crippen LogP contribution in [0.4, 0.5) is 0 Å². The molecule has 1 saturated heterocycles. The van der Waals surface area contributed by atoms with Crippen LogP contribution < -0.4 is 5.32 Å². The van der Waals surface area contributed by atoms with Crippen LogP contribution in [0.1, 0.15) is 41.4 Å². The highest BCUT2D eigenvalue weighted by atomic mass is 32.1. The summed E-state index contributed by atoms with van der Waals surface area (Å²) in [5, 5.41) is 4.37. The van der Waals surface area contributed by atoms with Crippen molar-refractivity contribution in [1.82, 2.24) is 15.2 Å². The molecule has 1 aliphatic heterocycles. The first-order chi connectivity index (χ1) is 8.08. The molecule has 0 saturated carbocycles. The monoisotopic (exact) mass is 253 g/mol. The summed E-state index contributed by atoms with van der Waals surface area (Å²) in [4.78, 5) is 19.2. The van der Waals surface area contributed by atoms with E-state index in [2.05, 4.69) is 31.1 Å². The molecule has 2 rings (SSSR count). The number of nitrogens with one attached hydrogen (secondary N) is 1. The number of nitrogens with zero attached hydrogens (tertiary/aromatic N) is 2. The number of hydrogen-bond donors (Lipinski definition) is 1. The molecule has 1 aliphatic rings. The Balaban J connectivity index is 2.07. The van der Waals surface area contributed by atoms with Gasteiger partial charge in [-0.25, -0.2) is 4.98 Å². The van der Waals surface area contributed by atoms with Crippen LogP contribution in [0, 0.1) is 0 Å². The molecule has 94 valence electrons. The zero-order valence-electron chi connectivity index (χ0n) is 10.6. The van der Waals surface area contributed by atoms with Crippen LogP contribution in [0.15, 0.2) is 6.20 Å². The predicted molar refractivity (Wildman–Crippen MR) is 69.6 cm³/mol. The zero-order valence-corrected chi connectivity index (χ0v) is 11.4. The highest BCUT2D eigenvalue weighted by molar-refractivity contribution is 7.13. The molecule has 0 aliphatic carbocycles. The fourth-order valence-electron chi connectivity index (χ4n) is 1.93. The molecule has 0 aromatic carbocycles. The fourth-order valence-corrected chi connectivity index (χ4v) is 2.81. The molecule has 0 spiro atoms. The van der Waals surface area contributed by atoms with Gasteiger partial charge in [-0.15, -0.1) is 11.3 Å². The summed E-state index contributed by atoms with van der Waals surface area (Å²) >= 11 is 1.52. The van der Waals surface area contributed by atoms with Gasteiger partial charge in [-0.1, -0.05) is 13.8 Å². The van der Waals surface area contributed by atoms with E-state index in [1.165, 1.54) is 11.3 Å². The average molecular weight is 253 g/mol. The smallest absolute Gasteiger partial charge is 0.265 e. The van der Waals surface area contributed by atoms with E-state index in [9.17, 15) is 4.79 Å². The highest BCUT2D eigenvalue weighted by Gasteiger charge is 2.23. The van der Waals surface area contributed by atoms with E-state index >= 15 is 0 Å². The summed E-state index contributed by atoms with van der Waals surface area (Å²) in [7, 11) is 0. The maximum Gasteiger partial charge on any atom is 0.265 e. The molecule has 0 radical (unpaired) electrons. The first kappa shape index (κ1) is 12.5. The SMILES string of the molecule is CC(C)c1ncc(C(=O)N2CCN[C@H](C)C2)s1. The Bertz CT molecular complexity index is 402. The van der Waals surface area contributed by atoms with E-state index in [1.807, 2.05) is 4.90 Å². The van der Waals surface area contributed by atoms with E-state index in [-0.39, 0.29) is 5.91 Å². The minimum atomic E-state index is 0.128. The standard InChI is InChI=1S/C12H19N3OS/c1-8(2)11-14-6-10(17-11)12(16)15-5-4-13-9(3)7-15/h6,8-9,13H,4-5,7H2,1-3H3/t9-/m1/s1. The first-order valence-corrected chi connectivity index (χ1v) is 6.88. The van der Waals surface area contributed by atoms with Gasteiger partial charge in [-0.3, -0.25) is 4.79 Å². The Kier molecular flexibility index (Phi) is 3.79. The van der Waals surface area contributed by atoms with Gasteiger partial charge < -0.3 is 10.2 Å². The van der Waals surface area contributed by atoms with Crippen LogP contribution in [0.2, 0.25) is 0 Å². The Morgan fingerprint density at radius 2 is 2.41 bits per heavy atom. The molecule has 0 unspecified atom stereocenters. The Morgan fingerprint density at radius 1 is 1.65 bits per heavy atom. The van der Waals surface area contributed by atoms with Gasteiger partial charge in [0.25, 0.3) is 5.91 Å². The second kappa shape index (κ2) is 5.14. The number of hydrogen-bond acceptors (Lipinski definition) is 4. The van der Waals surface area contributed by atoms with E-state index in [4.69, 9.17) is 0 Å². The van der Waals surface area contributed by atoms with Crippen LogP contribution >= 0.6 is 11.3 Å². The van der Waals surface area contributed by atoms with Crippen molar-refractivity contribution in [2.75, 3.05) is 19.6 Å². The Morgan fingerprint density at radius 3 is 3.00 bits per heavy atom. The summed E-state index contributed by atoms with van der Waals surface area (Å²) in [5.74, 6) is 0.520. The summed E-state index contributed by atoms with van der Waals surface area (Å²) in [6.45, 7) is 8.75. The van der Waals surface area contributed by atoms with Gasteiger partial charge in [0, 0.05) is 31.6 Å². The van der Waals surface area contributed by atoms with Crippen molar-refractivity contribution in [3.63, 3.8) is 0 Å². The number of rotatable bonds is 2. The van der Waals surface area contributed by atoms with E-state index in [0.717, 1.165) is 29.5 Å².